The summed E-state index contributed by atoms with van der Waals surface area (Å²) in [4.78, 5) is 29.4. The van der Waals surface area contributed by atoms with Gasteiger partial charge in [-0.1, -0.05) is 31.9 Å². The van der Waals surface area contributed by atoms with Crippen LogP contribution in [0, 0.1) is 11.7 Å². The zero-order valence-corrected chi connectivity index (χ0v) is 17.5. The fraction of sp³-hybridized carbons (Fsp3) is 0.450. The SMILES string of the molecule is CC[C@@H](C)CCC(C)(NC(=O)c1cnc(-c2cc(F)cc(Cl)c2)s1)C(C)=O. The Bertz CT molecular complexity index is 819. The van der Waals surface area contributed by atoms with Crippen molar-refractivity contribution in [2.75, 3.05) is 0 Å². The van der Waals surface area contributed by atoms with Gasteiger partial charge in [0.25, 0.3) is 5.91 Å². The second-order valence-electron chi connectivity index (χ2n) is 7.08. The smallest absolute Gasteiger partial charge is 0.263 e. The van der Waals surface area contributed by atoms with Crippen LogP contribution in [0.15, 0.2) is 24.4 Å². The number of hydrogen-bond acceptors (Lipinski definition) is 4. The monoisotopic (exact) mass is 410 g/mol. The van der Waals surface area contributed by atoms with Gasteiger partial charge in [0.15, 0.2) is 5.78 Å². The summed E-state index contributed by atoms with van der Waals surface area (Å²) >= 11 is 7.02. The van der Waals surface area contributed by atoms with E-state index in [2.05, 4.69) is 24.1 Å². The summed E-state index contributed by atoms with van der Waals surface area (Å²) in [5.41, 5.74) is -0.414. The van der Waals surface area contributed by atoms with Gasteiger partial charge in [-0.15, -0.1) is 11.3 Å². The molecule has 1 unspecified atom stereocenters. The number of amides is 1. The molecule has 1 aromatic carbocycles. The molecule has 0 saturated heterocycles. The molecule has 4 nitrogen and oxygen atoms in total. The van der Waals surface area contributed by atoms with E-state index >= 15 is 0 Å². The largest absolute Gasteiger partial charge is 0.339 e. The summed E-state index contributed by atoms with van der Waals surface area (Å²) in [5, 5.41) is 3.61. The molecule has 146 valence electrons. The molecule has 1 aromatic heterocycles. The van der Waals surface area contributed by atoms with Crippen molar-refractivity contribution in [2.24, 2.45) is 5.92 Å². The van der Waals surface area contributed by atoms with Gasteiger partial charge in [-0.2, -0.15) is 0 Å². The Morgan fingerprint density at radius 3 is 2.67 bits per heavy atom. The summed E-state index contributed by atoms with van der Waals surface area (Å²) in [7, 11) is 0. The predicted molar refractivity (Wildman–Crippen MR) is 108 cm³/mol. The lowest BCUT2D eigenvalue weighted by Crippen LogP contribution is -2.51. The minimum absolute atomic E-state index is 0.0826. The highest BCUT2D eigenvalue weighted by molar-refractivity contribution is 7.16. The van der Waals surface area contributed by atoms with Gasteiger partial charge >= 0.3 is 0 Å². The zero-order valence-electron chi connectivity index (χ0n) is 15.9. The molecule has 2 atom stereocenters. The number of nitrogens with one attached hydrogen (secondary N) is 1. The molecule has 0 saturated carbocycles. The van der Waals surface area contributed by atoms with Gasteiger partial charge in [-0.25, -0.2) is 9.37 Å². The van der Waals surface area contributed by atoms with E-state index in [0.29, 0.717) is 27.8 Å². The summed E-state index contributed by atoms with van der Waals surface area (Å²) in [5.74, 6) is -0.426. The van der Waals surface area contributed by atoms with Crippen molar-refractivity contribution >= 4 is 34.6 Å². The standard InChI is InChI=1S/C20H24ClFN2O2S/c1-5-12(2)6-7-20(4,13(3)25)24-18(26)17-11-23-19(27-17)14-8-15(21)10-16(22)9-14/h8-12H,5-7H2,1-4H3,(H,24,26)/t12-,20?/m1/s1. The Morgan fingerprint density at radius 1 is 1.37 bits per heavy atom. The number of Topliss-reactive ketones (excluding diaryl/α,β-unsaturated/α-hetero) is 1. The maximum absolute atomic E-state index is 13.5. The molecule has 2 aromatic rings. The van der Waals surface area contributed by atoms with Crippen LogP contribution in [0.25, 0.3) is 10.6 Å². The fourth-order valence-electron chi connectivity index (χ4n) is 2.57. The maximum atomic E-state index is 13.5. The summed E-state index contributed by atoms with van der Waals surface area (Å²) in [6.07, 6.45) is 3.89. The first-order valence-electron chi connectivity index (χ1n) is 8.90. The molecular formula is C20H24ClFN2O2S. The van der Waals surface area contributed by atoms with Crippen LogP contribution in [0.2, 0.25) is 5.02 Å². The quantitative estimate of drug-likeness (QED) is 0.624. The normalized spacial score (nSPS) is 14.4. The van der Waals surface area contributed by atoms with Crippen LogP contribution in [-0.2, 0) is 4.79 Å². The molecule has 0 radical (unpaired) electrons. The average Bonchev–Trinajstić information content (AvgIpc) is 3.09. The molecule has 0 aliphatic heterocycles. The molecule has 0 fully saturated rings. The van der Waals surface area contributed by atoms with Crippen molar-refractivity contribution < 1.29 is 14.0 Å². The summed E-state index contributed by atoms with van der Waals surface area (Å²) in [6.45, 7) is 7.47. The third kappa shape index (κ3) is 5.59. The number of nitrogens with zero attached hydrogens (tertiary/aromatic N) is 1. The van der Waals surface area contributed by atoms with E-state index in [1.807, 2.05) is 0 Å². The Hall–Kier alpha value is -1.79. The van der Waals surface area contributed by atoms with Crippen LogP contribution in [-0.4, -0.2) is 22.2 Å². The molecule has 27 heavy (non-hydrogen) atoms. The Balaban J connectivity index is 2.17. The van der Waals surface area contributed by atoms with Crippen LogP contribution in [0.4, 0.5) is 4.39 Å². The van der Waals surface area contributed by atoms with Gasteiger partial charge in [0.2, 0.25) is 0 Å². The third-order valence-corrected chi connectivity index (χ3v) is 6.10. The molecule has 1 N–H and O–H groups in total. The highest BCUT2D eigenvalue weighted by atomic mass is 35.5. The van der Waals surface area contributed by atoms with Crippen LogP contribution in [0.5, 0.6) is 0 Å². The molecule has 0 aliphatic carbocycles. The van der Waals surface area contributed by atoms with Crippen molar-refractivity contribution in [1.82, 2.24) is 10.3 Å². The number of ketones is 1. The van der Waals surface area contributed by atoms with Crippen molar-refractivity contribution in [2.45, 2.75) is 52.5 Å². The average molecular weight is 411 g/mol. The minimum Gasteiger partial charge on any atom is -0.339 e. The van der Waals surface area contributed by atoms with E-state index in [1.54, 1.807) is 13.0 Å². The van der Waals surface area contributed by atoms with Crippen LogP contribution in [0.3, 0.4) is 0 Å². The second kappa shape index (κ2) is 8.93. The molecule has 0 bridgehead atoms. The maximum Gasteiger partial charge on any atom is 0.263 e. The van der Waals surface area contributed by atoms with Crippen molar-refractivity contribution in [3.63, 3.8) is 0 Å². The Morgan fingerprint density at radius 2 is 2.07 bits per heavy atom. The van der Waals surface area contributed by atoms with Crippen molar-refractivity contribution in [1.29, 1.82) is 0 Å². The molecule has 2 rings (SSSR count). The lowest BCUT2D eigenvalue weighted by molar-refractivity contribution is -0.122. The van der Waals surface area contributed by atoms with Crippen LogP contribution in [0.1, 0.15) is 56.6 Å². The van der Waals surface area contributed by atoms with Gasteiger partial charge in [0.1, 0.15) is 15.7 Å². The van der Waals surface area contributed by atoms with E-state index in [4.69, 9.17) is 11.6 Å². The van der Waals surface area contributed by atoms with Crippen LogP contribution < -0.4 is 5.32 Å². The van der Waals surface area contributed by atoms with E-state index in [1.165, 1.54) is 25.3 Å². The number of carbonyl (C=O) groups is 2. The lowest BCUT2D eigenvalue weighted by Gasteiger charge is -2.29. The first kappa shape index (κ1) is 21.5. The number of aromatic nitrogens is 1. The van der Waals surface area contributed by atoms with Crippen molar-refractivity contribution in [3.8, 4) is 10.6 Å². The number of benzene rings is 1. The number of thiazole rings is 1. The molecule has 0 aliphatic rings. The predicted octanol–water partition coefficient (Wildman–Crippen LogP) is 5.51. The second-order valence-corrected chi connectivity index (χ2v) is 8.55. The highest BCUT2D eigenvalue weighted by Gasteiger charge is 2.32. The van der Waals surface area contributed by atoms with E-state index < -0.39 is 11.4 Å². The molecule has 7 heteroatoms. The highest BCUT2D eigenvalue weighted by Crippen LogP contribution is 2.29. The van der Waals surface area contributed by atoms with Gasteiger partial charge in [0, 0.05) is 10.6 Å². The lowest BCUT2D eigenvalue weighted by atomic mass is 9.87. The Kier molecular flexibility index (Phi) is 7.12. The molecule has 0 spiro atoms. The number of halogens is 2. The van der Waals surface area contributed by atoms with Gasteiger partial charge < -0.3 is 5.32 Å². The van der Waals surface area contributed by atoms with E-state index in [9.17, 15) is 14.0 Å². The number of hydrogen-bond donors (Lipinski definition) is 1. The molecule has 1 heterocycles. The first-order valence-corrected chi connectivity index (χ1v) is 10.1. The molecular weight excluding hydrogens is 387 g/mol. The number of rotatable bonds is 8. The topological polar surface area (TPSA) is 59.1 Å². The van der Waals surface area contributed by atoms with Gasteiger partial charge in [-0.3, -0.25) is 9.59 Å². The summed E-state index contributed by atoms with van der Waals surface area (Å²) in [6, 6.07) is 4.12. The number of carbonyl (C=O) groups excluding carboxylic acids is 2. The zero-order chi connectivity index (χ0) is 20.2. The van der Waals surface area contributed by atoms with E-state index in [-0.39, 0.29) is 16.7 Å². The van der Waals surface area contributed by atoms with E-state index in [0.717, 1.165) is 24.2 Å². The summed E-state index contributed by atoms with van der Waals surface area (Å²) < 4.78 is 13.5. The first-order chi connectivity index (χ1) is 12.6. The van der Waals surface area contributed by atoms with Crippen molar-refractivity contribution in [3.05, 3.63) is 40.1 Å². The third-order valence-electron chi connectivity index (χ3n) is 4.84. The van der Waals surface area contributed by atoms with Gasteiger partial charge in [-0.05, 0) is 50.8 Å². The van der Waals surface area contributed by atoms with Crippen LogP contribution >= 0.6 is 22.9 Å². The minimum atomic E-state index is -0.924. The molecule has 1 amide bonds. The van der Waals surface area contributed by atoms with Gasteiger partial charge in [0.05, 0.1) is 11.7 Å². The Labute approximate surface area is 168 Å². The fourth-order valence-corrected chi connectivity index (χ4v) is 3.59.